The highest BCUT2D eigenvalue weighted by molar-refractivity contribution is 14.0. The zero-order valence-corrected chi connectivity index (χ0v) is 18.1. The summed E-state index contributed by atoms with van der Waals surface area (Å²) in [5.41, 5.74) is 0.102. The molecule has 2 N–H and O–H groups in total. The number of rotatable bonds is 8. The molecule has 1 saturated carbocycles. The predicted octanol–water partition coefficient (Wildman–Crippen LogP) is 1.36. The quantitative estimate of drug-likeness (QED) is 0.330. The Balaban J connectivity index is 0.00000288. The van der Waals surface area contributed by atoms with E-state index in [1.54, 1.807) is 0 Å². The van der Waals surface area contributed by atoms with E-state index in [1.807, 2.05) is 7.05 Å². The molecule has 24 heavy (non-hydrogen) atoms. The summed E-state index contributed by atoms with van der Waals surface area (Å²) in [4.78, 5) is 9.39. The minimum atomic E-state index is 0. The molecule has 0 atom stereocenters. The molecule has 2 fully saturated rings. The Labute approximate surface area is 164 Å². The van der Waals surface area contributed by atoms with Crippen molar-refractivity contribution in [1.29, 1.82) is 0 Å². The standard InChI is InChI=1S/C17H35N5O.HI/c1-5-21(15-6-7-15)9-8-19-16(18-4)20-14-17(2,3)22-10-12-23-13-11-22;/h15H,5-14H2,1-4H3,(H2,18,19,20);1H. The third-order valence-corrected chi connectivity index (χ3v) is 4.94. The van der Waals surface area contributed by atoms with E-state index >= 15 is 0 Å². The molecule has 6 nitrogen and oxygen atoms in total. The molecule has 0 spiro atoms. The molecular formula is C17H36IN5O. The molecule has 0 aromatic heterocycles. The van der Waals surface area contributed by atoms with Gasteiger partial charge in [0.05, 0.1) is 13.2 Å². The Bertz CT molecular complexity index is 381. The van der Waals surface area contributed by atoms with Crippen LogP contribution in [0.4, 0.5) is 0 Å². The summed E-state index contributed by atoms with van der Waals surface area (Å²) in [6, 6.07) is 0.831. The molecule has 1 heterocycles. The van der Waals surface area contributed by atoms with Crippen LogP contribution in [-0.2, 0) is 4.74 Å². The molecule has 1 aliphatic carbocycles. The molecule has 142 valence electrons. The van der Waals surface area contributed by atoms with Crippen molar-refractivity contribution in [2.45, 2.75) is 45.2 Å². The lowest BCUT2D eigenvalue weighted by Crippen LogP contribution is -2.56. The molecule has 7 heteroatoms. The normalized spacial score (nSPS) is 20.0. The molecule has 0 aromatic carbocycles. The SMILES string of the molecule is CCN(CCNC(=NC)NCC(C)(C)N1CCOCC1)C1CC1.I. The highest BCUT2D eigenvalue weighted by Crippen LogP contribution is 2.25. The average molecular weight is 453 g/mol. The molecule has 0 amide bonds. The lowest BCUT2D eigenvalue weighted by Gasteiger charge is -2.41. The fourth-order valence-electron chi connectivity index (χ4n) is 3.16. The summed E-state index contributed by atoms with van der Waals surface area (Å²) >= 11 is 0. The molecule has 1 saturated heterocycles. The molecule has 0 unspecified atom stereocenters. The van der Waals surface area contributed by atoms with Gasteiger partial charge in [0.1, 0.15) is 0 Å². The van der Waals surface area contributed by atoms with Gasteiger partial charge in [-0.1, -0.05) is 6.92 Å². The number of hydrogen-bond donors (Lipinski definition) is 2. The zero-order valence-electron chi connectivity index (χ0n) is 15.8. The van der Waals surface area contributed by atoms with Gasteiger partial charge < -0.3 is 15.4 Å². The highest BCUT2D eigenvalue weighted by atomic mass is 127. The first-order valence-electron chi connectivity index (χ1n) is 9.08. The summed E-state index contributed by atoms with van der Waals surface area (Å²) in [7, 11) is 1.84. The second-order valence-corrected chi connectivity index (χ2v) is 7.12. The van der Waals surface area contributed by atoms with E-state index in [4.69, 9.17) is 4.74 Å². The Morgan fingerprint density at radius 2 is 1.92 bits per heavy atom. The van der Waals surface area contributed by atoms with Crippen LogP contribution >= 0.6 is 24.0 Å². The Kier molecular flexibility index (Phi) is 9.84. The van der Waals surface area contributed by atoms with Crippen LogP contribution in [0.15, 0.2) is 4.99 Å². The molecule has 0 bridgehead atoms. The van der Waals surface area contributed by atoms with Gasteiger partial charge in [-0.3, -0.25) is 14.8 Å². The predicted molar refractivity (Wildman–Crippen MR) is 112 cm³/mol. The van der Waals surface area contributed by atoms with Crippen LogP contribution in [0.2, 0.25) is 0 Å². The maximum atomic E-state index is 5.45. The number of hydrogen-bond acceptors (Lipinski definition) is 4. The van der Waals surface area contributed by atoms with Crippen LogP contribution in [0.1, 0.15) is 33.6 Å². The lowest BCUT2D eigenvalue weighted by molar-refractivity contribution is -0.00834. The van der Waals surface area contributed by atoms with Gasteiger partial charge in [-0.15, -0.1) is 24.0 Å². The Hall–Kier alpha value is -0.120. The third kappa shape index (κ3) is 7.01. The first-order chi connectivity index (χ1) is 11.1. The van der Waals surface area contributed by atoms with E-state index in [9.17, 15) is 0 Å². The van der Waals surface area contributed by atoms with Crippen molar-refractivity contribution in [3.8, 4) is 0 Å². The fourth-order valence-corrected chi connectivity index (χ4v) is 3.16. The van der Waals surface area contributed by atoms with E-state index in [0.29, 0.717) is 0 Å². The van der Waals surface area contributed by atoms with Crippen LogP contribution in [0.25, 0.3) is 0 Å². The number of ether oxygens (including phenoxy) is 1. The molecule has 0 radical (unpaired) electrons. The highest BCUT2D eigenvalue weighted by Gasteiger charge is 2.29. The van der Waals surface area contributed by atoms with Gasteiger partial charge in [0.2, 0.25) is 0 Å². The van der Waals surface area contributed by atoms with Crippen molar-refractivity contribution in [2.24, 2.45) is 4.99 Å². The van der Waals surface area contributed by atoms with Gasteiger partial charge in [0.15, 0.2) is 5.96 Å². The van der Waals surface area contributed by atoms with Crippen LogP contribution in [-0.4, -0.2) is 86.9 Å². The molecule has 2 rings (SSSR count). The zero-order chi connectivity index (χ0) is 16.7. The van der Waals surface area contributed by atoms with E-state index in [-0.39, 0.29) is 29.5 Å². The maximum absolute atomic E-state index is 5.45. The Morgan fingerprint density at radius 3 is 2.46 bits per heavy atom. The number of likely N-dealkylation sites (N-methyl/N-ethyl adjacent to an activating group) is 1. The first-order valence-corrected chi connectivity index (χ1v) is 9.08. The van der Waals surface area contributed by atoms with Crippen molar-refractivity contribution in [3.05, 3.63) is 0 Å². The second kappa shape index (κ2) is 10.8. The Morgan fingerprint density at radius 1 is 1.25 bits per heavy atom. The van der Waals surface area contributed by atoms with Crippen LogP contribution in [0, 0.1) is 0 Å². The van der Waals surface area contributed by atoms with Crippen LogP contribution < -0.4 is 10.6 Å². The van der Waals surface area contributed by atoms with Crippen molar-refractivity contribution in [3.63, 3.8) is 0 Å². The minimum Gasteiger partial charge on any atom is -0.379 e. The van der Waals surface area contributed by atoms with Gasteiger partial charge in [-0.25, -0.2) is 0 Å². The summed E-state index contributed by atoms with van der Waals surface area (Å²) in [5.74, 6) is 0.901. The molecule has 0 aromatic rings. The van der Waals surface area contributed by atoms with Crippen LogP contribution in [0.3, 0.4) is 0 Å². The summed E-state index contributed by atoms with van der Waals surface area (Å²) in [5, 5.41) is 6.93. The maximum Gasteiger partial charge on any atom is 0.191 e. The van der Waals surface area contributed by atoms with E-state index in [0.717, 1.165) is 64.5 Å². The number of nitrogens with one attached hydrogen (secondary N) is 2. The third-order valence-electron chi connectivity index (χ3n) is 4.94. The van der Waals surface area contributed by atoms with Crippen molar-refractivity contribution in [1.82, 2.24) is 20.4 Å². The number of morpholine rings is 1. The van der Waals surface area contributed by atoms with Crippen LogP contribution in [0.5, 0.6) is 0 Å². The van der Waals surface area contributed by atoms with E-state index in [2.05, 4.69) is 46.2 Å². The number of guanidine groups is 1. The van der Waals surface area contributed by atoms with Gasteiger partial charge in [-0.2, -0.15) is 0 Å². The topological polar surface area (TPSA) is 52.1 Å². The van der Waals surface area contributed by atoms with Crippen molar-refractivity contribution >= 4 is 29.9 Å². The monoisotopic (exact) mass is 453 g/mol. The van der Waals surface area contributed by atoms with E-state index < -0.39 is 0 Å². The van der Waals surface area contributed by atoms with Gasteiger partial charge in [0.25, 0.3) is 0 Å². The molecule has 1 aliphatic heterocycles. The minimum absolute atomic E-state index is 0. The van der Waals surface area contributed by atoms with Gasteiger partial charge in [-0.05, 0) is 33.2 Å². The van der Waals surface area contributed by atoms with Crippen molar-refractivity contribution in [2.75, 3.05) is 59.5 Å². The summed E-state index contributed by atoms with van der Waals surface area (Å²) in [6.45, 7) is 14.6. The number of halogens is 1. The van der Waals surface area contributed by atoms with E-state index in [1.165, 1.54) is 12.8 Å². The summed E-state index contributed by atoms with van der Waals surface area (Å²) < 4.78 is 5.45. The number of nitrogens with zero attached hydrogens (tertiary/aromatic N) is 3. The molecule has 2 aliphatic rings. The van der Waals surface area contributed by atoms with Crippen molar-refractivity contribution < 1.29 is 4.74 Å². The first kappa shape index (κ1) is 21.9. The fraction of sp³-hybridized carbons (Fsp3) is 0.941. The largest absolute Gasteiger partial charge is 0.379 e. The number of aliphatic imine (C=N–C) groups is 1. The smallest absolute Gasteiger partial charge is 0.191 e. The van der Waals surface area contributed by atoms with Gasteiger partial charge in [0, 0.05) is 51.4 Å². The average Bonchev–Trinajstić information content (AvgIpc) is 3.40. The summed E-state index contributed by atoms with van der Waals surface area (Å²) in [6.07, 6.45) is 2.74. The van der Waals surface area contributed by atoms with Gasteiger partial charge >= 0.3 is 0 Å². The second-order valence-electron chi connectivity index (χ2n) is 7.12. The molecular weight excluding hydrogens is 417 g/mol. The lowest BCUT2D eigenvalue weighted by atomic mass is 10.0.